The summed E-state index contributed by atoms with van der Waals surface area (Å²) in [6, 6.07) is 5.32. The number of benzene rings is 1. The van der Waals surface area contributed by atoms with Crippen LogP contribution in [0.2, 0.25) is 0 Å². The number of piperidine rings is 1. The Morgan fingerprint density at radius 2 is 2.06 bits per heavy atom. The normalized spacial score (nSPS) is 28.1. The molecular weight excluding hydrogens is 269 g/mol. The molecule has 86 valence electrons. The van der Waals surface area contributed by atoms with Crippen LogP contribution in [-0.2, 0) is 6.42 Å². The predicted octanol–water partition coefficient (Wildman–Crippen LogP) is 3.08. The van der Waals surface area contributed by atoms with E-state index in [1.807, 2.05) is 12.1 Å². The molecule has 1 saturated heterocycles. The van der Waals surface area contributed by atoms with Crippen molar-refractivity contribution in [2.45, 2.75) is 12.8 Å². The fourth-order valence-corrected chi connectivity index (χ4v) is 3.09. The molecule has 3 heteroatoms. The van der Waals surface area contributed by atoms with Gasteiger partial charge in [0.2, 0.25) is 0 Å². The van der Waals surface area contributed by atoms with Crippen LogP contribution in [-0.4, -0.2) is 24.5 Å². The van der Waals surface area contributed by atoms with Gasteiger partial charge in [-0.1, -0.05) is 6.07 Å². The maximum absolute atomic E-state index is 13.0. The highest BCUT2D eigenvalue weighted by Gasteiger charge is 2.44. The topological polar surface area (TPSA) is 3.24 Å². The first-order chi connectivity index (χ1) is 7.72. The number of fused-ring (bicyclic) bond motifs is 1. The zero-order chi connectivity index (χ0) is 11.1. The van der Waals surface area contributed by atoms with E-state index in [1.54, 1.807) is 6.07 Å². The van der Waals surface area contributed by atoms with Crippen molar-refractivity contribution in [2.75, 3.05) is 19.6 Å². The zero-order valence-corrected chi connectivity index (χ0v) is 10.7. The Morgan fingerprint density at radius 1 is 1.31 bits per heavy atom. The van der Waals surface area contributed by atoms with Gasteiger partial charge < -0.3 is 4.90 Å². The third kappa shape index (κ3) is 2.16. The number of nitrogens with zero attached hydrogens (tertiary/aromatic N) is 1. The minimum absolute atomic E-state index is 0.175. The molecule has 0 N–H and O–H groups in total. The maximum Gasteiger partial charge on any atom is 0.137 e. The summed E-state index contributed by atoms with van der Waals surface area (Å²) in [5, 5.41) is 0. The van der Waals surface area contributed by atoms with E-state index in [0.29, 0.717) is 4.47 Å². The molecule has 0 aromatic heterocycles. The van der Waals surface area contributed by atoms with E-state index in [1.165, 1.54) is 25.1 Å². The molecule has 2 fully saturated rings. The molecule has 1 saturated carbocycles. The van der Waals surface area contributed by atoms with Gasteiger partial charge >= 0.3 is 0 Å². The summed E-state index contributed by atoms with van der Waals surface area (Å²) in [4.78, 5) is 2.54. The van der Waals surface area contributed by atoms with Crippen molar-refractivity contribution >= 4 is 15.9 Å². The summed E-state index contributed by atoms with van der Waals surface area (Å²) in [6.07, 6.45) is 2.48. The number of rotatable bonds is 3. The van der Waals surface area contributed by atoms with Crippen molar-refractivity contribution in [3.63, 3.8) is 0 Å². The largest absolute Gasteiger partial charge is 0.302 e. The average Bonchev–Trinajstić information content (AvgIpc) is 2.88. The van der Waals surface area contributed by atoms with Crippen LogP contribution in [0.1, 0.15) is 12.0 Å². The smallest absolute Gasteiger partial charge is 0.137 e. The second-order valence-electron chi connectivity index (χ2n) is 5.01. The molecule has 1 nitrogen and oxygen atoms in total. The second-order valence-corrected chi connectivity index (χ2v) is 5.87. The van der Waals surface area contributed by atoms with Crippen LogP contribution in [0.25, 0.3) is 0 Å². The summed E-state index contributed by atoms with van der Waals surface area (Å²) >= 11 is 3.23. The summed E-state index contributed by atoms with van der Waals surface area (Å²) in [7, 11) is 0. The number of likely N-dealkylation sites (tertiary alicyclic amines) is 1. The lowest BCUT2D eigenvalue weighted by Crippen LogP contribution is -2.25. The first-order valence-electron chi connectivity index (χ1n) is 5.88. The standard InChI is InChI=1S/C13H15BrFN/c14-12-5-9(1-2-13(12)15)3-4-16-7-10-6-11(10)8-16/h1-2,5,10-11H,3-4,6-8H2. The van der Waals surface area contributed by atoms with E-state index < -0.39 is 0 Å². The van der Waals surface area contributed by atoms with Gasteiger partial charge in [-0.3, -0.25) is 0 Å². The molecule has 1 aliphatic carbocycles. The molecule has 2 aliphatic rings. The molecule has 1 heterocycles. The molecule has 1 aromatic carbocycles. The van der Waals surface area contributed by atoms with Gasteiger partial charge in [0.25, 0.3) is 0 Å². The minimum atomic E-state index is -0.175. The first kappa shape index (κ1) is 10.7. The van der Waals surface area contributed by atoms with E-state index in [4.69, 9.17) is 0 Å². The zero-order valence-electron chi connectivity index (χ0n) is 9.13. The highest BCUT2D eigenvalue weighted by molar-refractivity contribution is 9.10. The Balaban J connectivity index is 1.55. The van der Waals surface area contributed by atoms with Crippen LogP contribution in [0.5, 0.6) is 0 Å². The number of hydrogen-bond donors (Lipinski definition) is 0. The Kier molecular flexibility index (Phi) is 2.76. The lowest BCUT2D eigenvalue weighted by molar-refractivity contribution is 0.309. The molecular formula is C13H15BrFN. The van der Waals surface area contributed by atoms with Crippen LogP contribution >= 0.6 is 15.9 Å². The molecule has 2 unspecified atom stereocenters. The Morgan fingerprint density at radius 3 is 2.75 bits per heavy atom. The fraction of sp³-hybridized carbons (Fsp3) is 0.538. The predicted molar refractivity (Wildman–Crippen MR) is 65.8 cm³/mol. The van der Waals surface area contributed by atoms with E-state index in [9.17, 15) is 4.39 Å². The molecule has 1 aromatic rings. The lowest BCUT2D eigenvalue weighted by Gasteiger charge is -2.17. The molecule has 0 bridgehead atoms. The van der Waals surface area contributed by atoms with Gasteiger partial charge in [-0.2, -0.15) is 0 Å². The van der Waals surface area contributed by atoms with E-state index in [0.717, 1.165) is 24.8 Å². The average molecular weight is 284 g/mol. The van der Waals surface area contributed by atoms with Gasteiger partial charge in [0.1, 0.15) is 5.82 Å². The van der Waals surface area contributed by atoms with Gasteiger partial charge in [-0.25, -0.2) is 4.39 Å². The lowest BCUT2D eigenvalue weighted by atomic mass is 10.1. The van der Waals surface area contributed by atoms with Gasteiger partial charge in [0, 0.05) is 19.6 Å². The molecule has 0 amide bonds. The van der Waals surface area contributed by atoms with Gasteiger partial charge in [-0.15, -0.1) is 0 Å². The Bertz CT molecular complexity index is 397. The SMILES string of the molecule is Fc1ccc(CCN2CC3CC3C2)cc1Br. The van der Waals surface area contributed by atoms with Crippen molar-refractivity contribution in [1.82, 2.24) is 4.90 Å². The molecule has 3 rings (SSSR count). The van der Waals surface area contributed by atoms with Crippen LogP contribution < -0.4 is 0 Å². The van der Waals surface area contributed by atoms with Crippen LogP contribution in [0.3, 0.4) is 0 Å². The molecule has 1 aliphatic heterocycles. The second kappa shape index (κ2) is 4.11. The maximum atomic E-state index is 13.0. The van der Waals surface area contributed by atoms with E-state index in [-0.39, 0.29) is 5.82 Å². The van der Waals surface area contributed by atoms with Crippen LogP contribution in [0, 0.1) is 17.7 Å². The Hall–Kier alpha value is -0.410. The number of hydrogen-bond acceptors (Lipinski definition) is 1. The third-order valence-electron chi connectivity index (χ3n) is 3.76. The Labute approximate surface area is 104 Å². The van der Waals surface area contributed by atoms with Crippen molar-refractivity contribution < 1.29 is 4.39 Å². The fourth-order valence-electron chi connectivity index (χ4n) is 2.66. The third-order valence-corrected chi connectivity index (χ3v) is 4.36. The minimum Gasteiger partial charge on any atom is -0.302 e. The van der Waals surface area contributed by atoms with E-state index in [2.05, 4.69) is 20.8 Å². The molecule has 0 radical (unpaired) electrons. The molecule has 2 atom stereocenters. The monoisotopic (exact) mass is 283 g/mol. The summed E-state index contributed by atoms with van der Waals surface area (Å²) in [6.45, 7) is 3.69. The van der Waals surface area contributed by atoms with E-state index >= 15 is 0 Å². The molecule has 0 spiro atoms. The van der Waals surface area contributed by atoms with Crippen LogP contribution in [0.4, 0.5) is 4.39 Å². The van der Waals surface area contributed by atoms with Gasteiger partial charge in [-0.05, 0) is 58.3 Å². The van der Waals surface area contributed by atoms with Crippen LogP contribution in [0.15, 0.2) is 22.7 Å². The van der Waals surface area contributed by atoms with Gasteiger partial charge in [0.15, 0.2) is 0 Å². The quantitative estimate of drug-likeness (QED) is 0.824. The highest BCUT2D eigenvalue weighted by atomic mass is 79.9. The van der Waals surface area contributed by atoms with Gasteiger partial charge in [0.05, 0.1) is 4.47 Å². The van der Waals surface area contributed by atoms with Crippen molar-refractivity contribution in [3.05, 3.63) is 34.1 Å². The van der Waals surface area contributed by atoms with Crippen molar-refractivity contribution in [1.29, 1.82) is 0 Å². The summed E-state index contributed by atoms with van der Waals surface area (Å²) in [5.74, 6) is 1.83. The van der Waals surface area contributed by atoms with Crippen molar-refractivity contribution in [2.24, 2.45) is 11.8 Å². The first-order valence-corrected chi connectivity index (χ1v) is 6.68. The summed E-state index contributed by atoms with van der Waals surface area (Å²) < 4.78 is 13.6. The number of halogens is 2. The molecule has 16 heavy (non-hydrogen) atoms. The highest BCUT2D eigenvalue weighted by Crippen LogP contribution is 2.44. The summed E-state index contributed by atoms with van der Waals surface area (Å²) in [5.41, 5.74) is 1.22. The van der Waals surface area contributed by atoms with Crippen molar-refractivity contribution in [3.8, 4) is 0 Å².